The molecule has 0 aromatic carbocycles. The molecular weight excluding hydrogens is 360 g/mol. The fourth-order valence-corrected chi connectivity index (χ4v) is 2.19. The molecule has 10 nitrogen and oxygen atoms in total. The molecule has 148 valence electrons. The monoisotopic (exact) mass is 384 g/mol. The second-order valence-electron chi connectivity index (χ2n) is 6.20. The van der Waals surface area contributed by atoms with Crippen LogP contribution in [0, 0.1) is 27.7 Å². The number of hydrogen-bond acceptors (Lipinski definition) is 8. The topological polar surface area (TPSA) is 147 Å². The minimum absolute atomic E-state index is 0.0785. The van der Waals surface area contributed by atoms with Crippen molar-refractivity contribution in [2.24, 2.45) is 21.8 Å². The summed E-state index contributed by atoms with van der Waals surface area (Å²) in [4.78, 5) is 27.1. The Morgan fingerprint density at radius 3 is 1.43 bits per heavy atom. The van der Waals surface area contributed by atoms with Crippen LogP contribution in [0.1, 0.15) is 34.4 Å². The third-order valence-corrected chi connectivity index (χ3v) is 3.29. The van der Waals surface area contributed by atoms with Gasteiger partial charge in [0.25, 0.3) is 0 Å². The molecule has 0 aliphatic carbocycles. The molecule has 0 unspecified atom stereocenters. The zero-order chi connectivity index (χ0) is 20.7. The number of aromatic nitrogens is 4. The van der Waals surface area contributed by atoms with Gasteiger partial charge in [-0.1, -0.05) is 16.9 Å². The molecule has 28 heavy (non-hydrogen) atoms. The molecule has 10 heteroatoms. The zero-order valence-electron chi connectivity index (χ0n) is 16.4. The molecule has 0 saturated carbocycles. The van der Waals surface area contributed by atoms with E-state index in [2.05, 4.69) is 36.8 Å². The third-order valence-electron chi connectivity index (χ3n) is 3.29. The Morgan fingerprint density at radius 1 is 0.786 bits per heavy atom. The maximum absolute atomic E-state index is 5.83. The van der Waals surface area contributed by atoms with E-state index in [1.54, 1.807) is 0 Å². The molecular formula is C18H24N8O2. The van der Waals surface area contributed by atoms with E-state index >= 15 is 0 Å². The van der Waals surface area contributed by atoms with Gasteiger partial charge in [0.2, 0.25) is 11.7 Å². The molecule has 0 spiro atoms. The first-order valence-corrected chi connectivity index (χ1v) is 8.47. The van der Waals surface area contributed by atoms with Crippen molar-refractivity contribution in [3.05, 3.63) is 58.7 Å². The van der Waals surface area contributed by atoms with Gasteiger partial charge in [-0.2, -0.15) is 0 Å². The van der Waals surface area contributed by atoms with Gasteiger partial charge >= 0.3 is 0 Å². The summed E-state index contributed by atoms with van der Waals surface area (Å²) in [7, 11) is 0. The number of rotatable bonds is 8. The highest BCUT2D eigenvalue weighted by molar-refractivity contribution is 5.93. The van der Waals surface area contributed by atoms with Crippen molar-refractivity contribution in [3.8, 4) is 0 Å². The second kappa shape index (κ2) is 9.40. The van der Waals surface area contributed by atoms with Gasteiger partial charge in [0.05, 0.1) is 0 Å². The summed E-state index contributed by atoms with van der Waals surface area (Å²) in [5.41, 5.74) is 15.4. The second-order valence-corrected chi connectivity index (χ2v) is 6.20. The number of nitrogens with zero attached hydrogens (tertiary/aromatic N) is 6. The van der Waals surface area contributed by atoms with Crippen molar-refractivity contribution in [1.29, 1.82) is 0 Å². The summed E-state index contributed by atoms with van der Waals surface area (Å²) in [6, 6.07) is 3.68. The first-order valence-electron chi connectivity index (χ1n) is 8.47. The highest BCUT2D eigenvalue weighted by Gasteiger charge is 2.07. The first kappa shape index (κ1) is 20.7. The third kappa shape index (κ3) is 6.31. The Bertz CT molecular complexity index is 810. The van der Waals surface area contributed by atoms with Crippen LogP contribution in [0.5, 0.6) is 0 Å². The van der Waals surface area contributed by atoms with Gasteiger partial charge in [-0.05, 0) is 39.8 Å². The van der Waals surface area contributed by atoms with Crippen LogP contribution in [0.4, 0.5) is 0 Å². The molecule has 0 amide bonds. The van der Waals surface area contributed by atoms with E-state index in [-0.39, 0.29) is 24.9 Å². The maximum Gasteiger partial charge on any atom is 0.208 e. The minimum Gasteiger partial charge on any atom is -0.389 e. The van der Waals surface area contributed by atoms with E-state index < -0.39 is 0 Å². The molecule has 2 aromatic heterocycles. The summed E-state index contributed by atoms with van der Waals surface area (Å²) >= 11 is 0. The molecule has 0 aliphatic rings. The number of nitrogens with two attached hydrogens (primary N) is 2. The number of aryl methyl sites for hydroxylation is 4. The largest absolute Gasteiger partial charge is 0.389 e. The summed E-state index contributed by atoms with van der Waals surface area (Å²) in [5, 5.41) is 7.60. The van der Waals surface area contributed by atoms with Crippen LogP contribution in [-0.2, 0) is 9.68 Å². The van der Waals surface area contributed by atoms with Crippen molar-refractivity contribution in [1.82, 2.24) is 19.9 Å². The van der Waals surface area contributed by atoms with Gasteiger partial charge in [0.1, 0.15) is 13.2 Å². The van der Waals surface area contributed by atoms with Crippen molar-refractivity contribution in [2.75, 3.05) is 13.2 Å². The van der Waals surface area contributed by atoms with Gasteiger partial charge in [0.15, 0.2) is 11.6 Å². The average Bonchev–Trinajstić information content (AvgIpc) is 2.59. The molecule has 2 aromatic rings. The Kier molecular flexibility index (Phi) is 6.96. The zero-order valence-corrected chi connectivity index (χ0v) is 16.4. The lowest BCUT2D eigenvalue weighted by atomic mass is 10.3. The van der Waals surface area contributed by atoms with E-state index in [1.807, 2.05) is 39.8 Å². The fraction of sp³-hybridized carbons (Fsp3) is 0.333. The van der Waals surface area contributed by atoms with Gasteiger partial charge in [-0.15, -0.1) is 0 Å². The van der Waals surface area contributed by atoms with Gasteiger partial charge < -0.3 is 21.1 Å². The Morgan fingerprint density at radius 2 is 1.11 bits per heavy atom. The van der Waals surface area contributed by atoms with Gasteiger partial charge in [0, 0.05) is 28.3 Å². The smallest absolute Gasteiger partial charge is 0.208 e. The SMILES string of the molecule is C=C(CO/N=C(\N)c1nc(C)cc(C)n1)CO/N=C(\N)c1nc(C)cc(C)n1. The quantitative estimate of drug-likeness (QED) is 0.297. The Labute approximate surface area is 163 Å². The standard InChI is InChI=1S/C18H24N8O2/c1-10(8-27-25-15(19)17-21-11(2)6-12(3)22-17)9-28-26-16(20)18-23-13(4)7-14(5)24-18/h6-7H,1,8-9H2,2-5H3,(H2,19,25)(H2,20,26). The van der Waals surface area contributed by atoms with Crippen molar-refractivity contribution in [3.63, 3.8) is 0 Å². The summed E-state index contributed by atoms with van der Waals surface area (Å²) < 4.78 is 0. The highest BCUT2D eigenvalue weighted by Crippen LogP contribution is 2.02. The number of hydrogen-bond donors (Lipinski definition) is 2. The van der Waals surface area contributed by atoms with E-state index in [4.69, 9.17) is 21.1 Å². The van der Waals surface area contributed by atoms with E-state index in [0.29, 0.717) is 17.2 Å². The van der Waals surface area contributed by atoms with Crippen LogP contribution < -0.4 is 11.5 Å². The molecule has 0 radical (unpaired) electrons. The molecule has 0 atom stereocenters. The molecule has 4 N–H and O–H groups in total. The normalized spacial score (nSPS) is 12.0. The number of oxime groups is 2. The van der Waals surface area contributed by atoms with Crippen LogP contribution >= 0.6 is 0 Å². The highest BCUT2D eigenvalue weighted by atomic mass is 16.6. The predicted octanol–water partition coefficient (Wildman–Crippen LogP) is 1.03. The fourth-order valence-electron chi connectivity index (χ4n) is 2.19. The van der Waals surface area contributed by atoms with E-state index in [0.717, 1.165) is 22.8 Å². The molecule has 0 saturated heterocycles. The molecule has 0 bridgehead atoms. The number of amidine groups is 2. The molecule has 0 fully saturated rings. The Balaban J connectivity index is 1.83. The van der Waals surface area contributed by atoms with Crippen LogP contribution in [0.15, 0.2) is 34.6 Å². The van der Waals surface area contributed by atoms with E-state index in [1.165, 1.54) is 0 Å². The lowest BCUT2D eigenvalue weighted by molar-refractivity contribution is 0.128. The molecule has 2 heterocycles. The van der Waals surface area contributed by atoms with Crippen LogP contribution in [-0.4, -0.2) is 44.8 Å². The summed E-state index contributed by atoms with van der Waals surface area (Å²) in [6.45, 7) is 11.4. The molecule has 0 aliphatic heterocycles. The average molecular weight is 384 g/mol. The lowest BCUT2D eigenvalue weighted by Gasteiger charge is -2.06. The van der Waals surface area contributed by atoms with E-state index in [9.17, 15) is 0 Å². The van der Waals surface area contributed by atoms with Crippen molar-refractivity contribution < 1.29 is 9.68 Å². The van der Waals surface area contributed by atoms with Crippen LogP contribution in [0.2, 0.25) is 0 Å². The first-order chi connectivity index (χ1) is 13.2. The minimum atomic E-state index is 0.0785. The van der Waals surface area contributed by atoms with Crippen molar-refractivity contribution in [2.45, 2.75) is 27.7 Å². The maximum atomic E-state index is 5.83. The van der Waals surface area contributed by atoms with Crippen LogP contribution in [0.25, 0.3) is 0 Å². The lowest BCUT2D eigenvalue weighted by Crippen LogP contribution is -2.19. The Hall–Kier alpha value is -3.56. The predicted molar refractivity (Wildman–Crippen MR) is 106 cm³/mol. The van der Waals surface area contributed by atoms with Crippen LogP contribution in [0.3, 0.4) is 0 Å². The van der Waals surface area contributed by atoms with Crippen molar-refractivity contribution >= 4 is 11.7 Å². The van der Waals surface area contributed by atoms with Gasteiger partial charge in [-0.3, -0.25) is 0 Å². The van der Waals surface area contributed by atoms with Gasteiger partial charge in [-0.25, -0.2) is 19.9 Å². The molecule has 2 rings (SSSR count). The summed E-state index contributed by atoms with van der Waals surface area (Å²) in [5.74, 6) is 0.778. The summed E-state index contributed by atoms with van der Waals surface area (Å²) in [6.07, 6.45) is 0.